The highest BCUT2D eigenvalue weighted by atomic mass is 16.2. The van der Waals surface area contributed by atoms with Crippen LogP contribution in [0.2, 0.25) is 0 Å². The van der Waals surface area contributed by atoms with Gasteiger partial charge < -0.3 is 16.0 Å². The van der Waals surface area contributed by atoms with E-state index >= 15 is 0 Å². The van der Waals surface area contributed by atoms with E-state index in [1.807, 2.05) is 0 Å². The van der Waals surface area contributed by atoms with Gasteiger partial charge >= 0.3 is 0 Å². The van der Waals surface area contributed by atoms with E-state index in [9.17, 15) is 14.4 Å². The van der Waals surface area contributed by atoms with Gasteiger partial charge in [0.1, 0.15) is 5.78 Å². The van der Waals surface area contributed by atoms with Crippen molar-refractivity contribution < 1.29 is 14.4 Å². The van der Waals surface area contributed by atoms with E-state index in [0.717, 1.165) is 0 Å². The number of ketones is 1. The highest BCUT2D eigenvalue weighted by molar-refractivity contribution is 5.85. The minimum absolute atomic E-state index is 0.00553. The summed E-state index contributed by atoms with van der Waals surface area (Å²) >= 11 is 0. The number of carbonyl (C=O) groups excluding carboxylic acids is 3. The quantitative estimate of drug-likeness (QED) is 0.478. The molecule has 0 radical (unpaired) electrons. The van der Waals surface area contributed by atoms with Crippen molar-refractivity contribution in [2.45, 2.75) is 25.8 Å². The summed E-state index contributed by atoms with van der Waals surface area (Å²) in [6.07, 6.45) is 2.19. The van der Waals surface area contributed by atoms with E-state index in [0.29, 0.717) is 13.0 Å². The van der Waals surface area contributed by atoms with Gasteiger partial charge in [-0.05, 0) is 20.4 Å². The second-order valence-corrected chi connectivity index (χ2v) is 3.86. The molecule has 0 spiro atoms. The van der Waals surface area contributed by atoms with Crippen molar-refractivity contribution in [1.29, 1.82) is 0 Å². The first-order valence-electron chi connectivity index (χ1n) is 5.83. The molecule has 6 nitrogen and oxygen atoms in total. The van der Waals surface area contributed by atoms with Gasteiger partial charge in [-0.15, -0.1) is 6.58 Å². The largest absolute Gasteiger partial charge is 0.351 e. The first-order chi connectivity index (χ1) is 8.51. The third-order valence-corrected chi connectivity index (χ3v) is 2.39. The lowest BCUT2D eigenvalue weighted by molar-refractivity contribution is -0.126. The molecule has 0 aliphatic heterocycles. The fourth-order valence-corrected chi connectivity index (χ4v) is 1.34. The molecule has 6 heteroatoms. The van der Waals surface area contributed by atoms with Crippen LogP contribution in [0.5, 0.6) is 0 Å². The van der Waals surface area contributed by atoms with Gasteiger partial charge in [0.05, 0.1) is 12.6 Å². The molecule has 0 bridgehead atoms. The number of carbonyl (C=O) groups is 3. The Bertz CT molecular complexity index is 316. The summed E-state index contributed by atoms with van der Waals surface area (Å²) in [5.41, 5.74) is 0. The minimum Gasteiger partial charge on any atom is -0.351 e. The first kappa shape index (κ1) is 16.3. The average molecular weight is 255 g/mol. The van der Waals surface area contributed by atoms with Crippen LogP contribution in [0, 0.1) is 0 Å². The minimum atomic E-state index is -0.314. The third kappa shape index (κ3) is 7.56. The zero-order chi connectivity index (χ0) is 14.0. The summed E-state index contributed by atoms with van der Waals surface area (Å²) in [6.45, 7) is 5.25. The summed E-state index contributed by atoms with van der Waals surface area (Å²) in [5.74, 6) is -0.515. The van der Waals surface area contributed by atoms with Gasteiger partial charge in [0.25, 0.3) is 0 Å². The molecule has 0 fully saturated rings. The van der Waals surface area contributed by atoms with Gasteiger partial charge in [-0.3, -0.25) is 14.4 Å². The number of hydrogen-bond acceptors (Lipinski definition) is 4. The molecule has 0 aromatic carbocycles. The molecule has 0 saturated heterocycles. The summed E-state index contributed by atoms with van der Waals surface area (Å²) < 4.78 is 0. The number of rotatable bonds is 9. The van der Waals surface area contributed by atoms with Crippen LogP contribution in [0.1, 0.15) is 19.8 Å². The number of hydrogen-bond donors (Lipinski definition) is 3. The predicted octanol–water partition coefficient (Wildman–Crippen LogP) is -0.638. The summed E-state index contributed by atoms with van der Waals surface area (Å²) in [7, 11) is 1.67. The lowest BCUT2D eigenvalue weighted by atomic mass is 10.1. The van der Waals surface area contributed by atoms with E-state index in [4.69, 9.17) is 0 Å². The van der Waals surface area contributed by atoms with Crippen molar-refractivity contribution in [3.63, 3.8) is 0 Å². The Kier molecular flexibility index (Phi) is 8.47. The molecular weight excluding hydrogens is 234 g/mol. The smallest absolute Gasteiger partial charge is 0.239 e. The zero-order valence-corrected chi connectivity index (χ0v) is 10.9. The van der Waals surface area contributed by atoms with E-state index in [1.165, 1.54) is 6.92 Å². The van der Waals surface area contributed by atoms with E-state index in [2.05, 4.69) is 22.5 Å². The highest BCUT2D eigenvalue weighted by Gasteiger charge is 2.13. The molecule has 102 valence electrons. The van der Waals surface area contributed by atoms with Crippen LogP contribution in [-0.4, -0.2) is 43.8 Å². The molecule has 0 heterocycles. The maximum Gasteiger partial charge on any atom is 0.239 e. The lowest BCUT2D eigenvalue weighted by Crippen LogP contribution is -2.38. The monoisotopic (exact) mass is 255 g/mol. The van der Waals surface area contributed by atoms with Crippen LogP contribution in [0.25, 0.3) is 0 Å². The second kappa shape index (κ2) is 9.35. The lowest BCUT2D eigenvalue weighted by Gasteiger charge is -2.12. The molecule has 2 amide bonds. The van der Waals surface area contributed by atoms with Gasteiger partial charge in [-0.2, -0.15) is 0 Å². The molecule has 0 saturated carbocycles. The topological polar surface area (TPSA) is 87.3 Å². The molecule has 0 aliphatic rings. The molecule has 0 aliphatic carbocycles. The van der Waals surface area contributed by atoms with Gasteiger partial charge in [-0.1, -0.05) is 6.08 Å². The Morgan fingerprint density at radius 3 is 2.39 bits per heavy atom. The van der Waals surface area contributed by atoms with Crippen molar-refractivity contribution in [1.82, 2.24) is 16.0 Å². The fraction of sp³-hybridized carbons (Fsp3) is 0.583. The van der Waals surface area contributed by atoms with Crippen molar-refractivity contribution in [3.05, 3.63) is 12.7 Å². The SMILES string of the molecule is C=CCNC(=O)CNC(=O)CC[C@H](NC)C(C)=O. The molecule has 0 aromatic rings. The van der Waals surface area contributed by atoms with Gasteiger partial charge in [0.15, 0.2) is 0 Å². The zero-order valence-electron chi connectivity index (χ0n) is 10.9. The van der Waals surface area contributed by atoms with Crippen LogP contribution >= 0.6 is 0 Å². The Labute approximate surface area is 107 Å². The number of likely N-dealkylation sites (N-methyl/N-ethyl adjacent to an activating group) is 1. The number of Topliss-reactive ketones (excluding diaryl/α,β-unsaturated/α-hetero) is 1. The number of amides is 2. The van der Waals surface area contributed by atoms with Crippen LogP contribution in [0.3, 0.4) is 0 Å². The first-order valence-corrected chi connectivity index (χ1v) is 5.83. The van der Waals surface area contributed by atoms with Gasteiger partial charge in [0, 0.05) is 13.0 Å². The third-order valence-electron chi connectivity index (χ3n) is 2.39. The van der Waals surface area contributed by atoms with E-state index in [1.54, 1.807) is 13.1 Å². The van der Waals surface area contributed by atoms with Gasteiger partial charge in [-0.25, -0.2) is 0 Å². The summed E-state index contributed by atoms with van der Waals surface area (Å²) in [5, 5.41) is 7.86. The van der Waals surface area contributed by atoms with Crippen molar-refractivity contribution in [2.75, 3.05) is 20.1 Å². The number of nitrogens with one attached hydrogen (secondary N) is 3. The Morgan fingerprint density at radius 1 is 1.22 bits per heavy atom. The van der Waals surface area contributed by atoms with Gasteiger partial charge in [0.2, 0.25) is 11.8 Å². The van der Waals surface area contributed by atoms with E-state index in [-0.39, 0.29) is 36.6 Å². The van der Waals surface area contributed by atoms with Crippen molar-refractivity contribution in [3.8, 4) is 0 Å². The maximum atomic E-state index is 11.4. The Balaban J connectivity index is 3.80. The molecule has 18 heavy (non-hydrogen) atoms. The standard InChI is InChI=1S/C12H21N3O3/c1-4-7-14-12(18)8-15-11(17)6-5-10(13-3)9(2)16/h4,10,13H,1,5-8H2,2-3H3,(H,14,18)(H,15,17)/t10-/m0/s1. The molecule has 0 unspecified atom stereocenters. The highest BCUT2D eigenvalue weighted by Crippen LogP contribution is 1.97. The molecule has 3 N–H and O–H groups in total. The van der Waals surface area contributed by atoms with Crippen LogP contribution < -0.4 is 16.0 Å². The molecule has 0 rings (SSSR count). The van der Waals surface area contributed by atoms with Crippen molar-refractivity contribution >= 4 is 17.6 Å². The Hall–Kier alpha value is -1.69. The van der Waals surface area contributed by atoms with Crippen LogP contribution in [-0.2, 0) is 14.4 Å². The van der Waals surface area contributed by atoms with Crippen molar-refractivity contribution in [2.24, 2.45) is 0 Å². The van der Waals surface area contributed by atoms with Crippen LogP contribution in [0.4, 0.5) is 0 Å². The average Bonchev–Trinajstić information content (AvgIpc) is 2.34. The maximum absolute atomic E-state index is 11.4. The van der Waals surface area contributed by atoms with E-state index < -0.39 is 0 Å². The normalized spacial score (nSPS) is 11.4. The molecular formula is C12H21N3O3. The summed E-state index contributed by atoms with van der Waals surface area (Å²) in [4.78, 5) is 33.7. The second-order valence-electron chi connectivity index (χ2n) is 3.86. The fourth-order valence-electron chi connectivity index (χ4n) is 1.34. The predicted molar refractivity (Wildman–Crippen MR) is 69.0 cm³/mol. The summed E-state index contributed by atoms with van der Waals surface area (Å²) in [6, 6.07) is -0.314. The molecule has 0 aromatic heterocycles. The Morgan fingerprint density at radius 2 is 1.89 bits per heavy atom. The molecule has 1 atom stereocenters. The van der Waals surface area contributed by atoms with Crippen LogP contribution in [0.15, 0.2) is 12.7 Å².